The van der Waals surface area contributed by atoms with E-state index in [9.17, 15) is 18.0 Å². The number of ether oxygens (including phenoxy) is 1. The smallest absolute Gasteiger partial charge is 0.283 e. The molecule has 1 atom stereocenters. The van der Waals surface area contributed by atoms with Crippen LogP contribution in [-0.4, -0.2) is 49.8 Å². The Kier molecular flexibility index (Phi) is 3.54. The van der Waals surface area contributed by atoms with E-state index < -0.39 is 27.1 Å². The monoisotopic (exact) mass is 328 g/mol. The average Bonchev–Trinajstić information content (AvgIpc) is 2.87. The largest absolute Gasteiger partial charge is 0.364 e. The predicted octanol–water partition coefficient (Wildman–Crippen LogP) is -1.85. The number of nitrogens with one attached hydrogen (secondary N) is 2. The Morgan fingerprint density at radius 1 is 1.55 bits per heavy atom. The third kappa shape index (κ3) is 2.64. The van der Waals surface area contributed by atoms with Crippen LogP contribution in [0.25, 0.3) is 0 Å². The lowest BCUT2D eigenvalue weighted by Gasteiger charge is -2.34. The summed E-state index contributed by atoms with van der Waals surface area (Å²) in [6.45, 7) is 1.97. The maximum atomic E-state index is 12.2. The summed E-state index contributed by atoms with van der Waals surface area (Å²) in [5.74, 6) is -0.551. The maximum Gasteiger partial charge on any atom is 0.283 e. The fourth-order valence-corrected chi connectivity index (χ4v) is 3.23. The predicted molar refractivity (Wildman–Crippen MR) is 75.9 cm³/mol. The van der Waals surface area contributed by atoms with Crippen molar-refractivity contribution in [3.63, 3.8) is 0 Å². The first-order valence-corrected chi connectivity index (χ1v) is 8.69. The van der Waals surface area contributed by atoms with Crippen LogP contribution in [0.1, 0.15) is 22.7 Å². The second-order valence-corrected chi connectivity index (χ2v) is 7.18. The zero-order chi connectivity index (χ0) is 16.0. The van der Waals surface area contributed by atoms with E-state index in [1.165, 1.54) is 4.57 Å². The van der Waals surface area contributed by atoms with E-state index in [1.807, 2.05) is 4.72 Å². The molecule has 0 bridgehead atoms. The highest BCUT2D eigenvalue weighted by Gasteiger charge is 2.43. The molecule has 1 aromatic rings. The summed E-state index contributed by atoms with van der Waals surface area (Å²) in [4.78, 5) is 28.4. The molecule has 0 aromatic carbocycles. The number of aromatic nitrogens is 2. The van der Waals surface area contributed by atoms with Gasteiger partial charge in [-0.25, -0.2) is 18.1 Å². The molecule has 0 saturated carbocycles. The Morgan fingerprint density at radius 3 is 2.95 bits per heavy atom. The van der Waals surface area contributed by atoms with Crippen LogP contribution in [0.4, 0.5) is 0 Å². The minimum Gasteiger partial charge on any atom is -0.364 e. The number of sulfonamides is 1. The summed E-state index contributed by atoms with van der Waals surface area (Å²) in [5, 5.41) is 3.15. The van der Waals surface area contributed by atoms with E-state index in [1.54, 1.807) is 0 Å². The average molecular weight is 328 g/mol. The van der Waals surface area contributed by atoms with Gasteiger partial charge in [-0.3, -0.25) is 14.2 Å². The van der Waals surface area contributed by atoms with Gasteiger partial charge in [-0.05, 0) is 13.0 Å². The molecule has 9 nitrogen and oxygen atoms in total. The molecule has 1 spiro atoms. The van der Waals surface area contributed by atoms with Crippen molar-refractivity contribution >= 4 is 15.9 Å². The molecule has 2 aliphatic rings. The van der Waals surface area contributed by atoms with Gasteiger partial charge in [0.15, 0.2) is 0 Å². The van der Waals surface area contributed by atoms with Crippen LogP contribution in [0.3, 0.4) is 0 Å². The minimum atomic E-state index is -3.73. The third-order valence-electron chi connectivity index (χ3n) is 3.74. The highest BCUT2D eigenvalue weighted by atomic mass is 32.2. The molecule has 0 radical (unpaired) electrons. The van der Waals surface area contributed by atoms with E-state index in [0.29, 0.717) is 31.9 Å². The fraction of sp³-hybridized carbons (Fsp3) is 0.583. The molecule has 2 aliphatic heterocycles. The van der Waals surface area contributed by atoms with Gasteiger partial charge < -0.3 is 10.1 Å². The molecule has 22 heavy (non-hydrogen) atoms. The summed E-state index contributed by atoms with van der Waals surface area (Å²) in [6, 6.07) is 1.05. The van der Waals surface area contributed by atoms with Crippen molar-refractivity contribution in [1.82, 2.24) is 19.6 Å². The molecule has 120 valence electrons. The van der Waals surface area contributed by atoms with Gasteiger partial charge in [-0.2, -0.15) is 0 Å². The molecule has 2 N–H and O–H groups in total. The van der Waals surface area contributed by atoms with Crippen LogP contribution in [0.5, 0.6) is 0 Å². The van der Waals surface area contributed by atoms with E-state index >= 15 is 0 Å². The third-order valence-corrected chi connectivity index (χ3v) is 4.29. The first-order chi connectivity index (χ1) is 10.3. The van der Waals surface area contributed by atoms with Crippen molar-refractivity contribution in [1.29, 1.82) is 0 Å². The minimum absolute atomic E-state index is 0.224. The Labute approximate surface area is 126 Å². The number of amides is 1. The quantitative estimate of drug-likeness (QED) is 0.654. The molecule has 1 unspecified atom stereocenters. The number of fused-ring (bicyclic) bond motifs is 2. The Morgan fingerprint density at radius 2 is 2.32 bits per heavy atom. The van der Waals surface area contributed by atoms with Crippen LogP contribution in [0.2, 0.25) is 0 Å². The highest BCUT2D eigenvalue weighted by molar-refractivity contribution is 7.89. The van der Waals surface area contributed by atoms with Gasteiger partial charge in [0.2, 0.25) is 10.0 Å². The first kappa shape index (κ1) is 15.1. The maximum absolute atomic E-state index is 12.2. The van der Waals surface area contributed by atoms with Gasteiger partial charge in [-0.1, -0.05) is 0 Å². The van der Waals surface area contributed by atoms with E-state index in [-0.39, 0.29) is 5.69 Å². The van der Waals surface area contributed by atoms with E-state index in [4.69, 9.17) is 4.74 Å². The summed E-state index contributed by atoms with van der Waals surface area (Å²) < 4.78 is 31.4. The van der Waals surface area contributed by atoms with Crippen molar-refractivity contribution in [3.05, 3.63) is 27.9 Å². The van der Waals surface area contributed by atoms with Gasteiger partial charge in [0.05, 0.1) is 19.4 Å². The normalized spacial score (nSPS) is 24.2. The molecule has 1 saturated heterocycles. The van der Waals surface area contributed by atoms with E-state index in [0.717, 1.165) is 18.9 Å². The Hall–Kier alpha value is -1.78. The Bertz CT molecular complexity index is 779. The molecule has 1 fully saturated rings. The lowest BCUT2D eigenvalue weighted by molar-refractivity contribution is -0.0689. The van der Waals surface area contributed by atoms with Crippen molar-refractivity contribution in [2.45, 2.75) is 18.6 Å². The van der Waals surface area contributed by atoms with Crippen molar-refractivity contribution in [2.75, 3.05) is 26.0 Å². The van der Waals surface area contributed by atoms with Crippen LogP contribution >= 0.6 is 0 Å². The lowest BCUT2D eigenvalue weighted by atomic mass is 10.00. The second kappa shape index (κ2) is 5.14. The highest BCUT2D eigenvalue weighted by Crippen LogP contribution is 2.32. The molecular formula is C12H16N4O5S. The summed E-state index contributed by atoms with van der Waals surface area (Å²) in [6.07, 6.45) is 1.50. The van der Waals surface area contributed by atoms with Crippen LogP contribution in [0.15, 0.2) is 10.9 Å². The standard InChI is InChI=1S/C12H16N4O5S/c1-22(19,20)15-10(18)8-6-9(17)16-4-5-21-12(11(16)14-8)2-3-13-7-12/h6,13H,2-5,7H2,1H3,(H,15,18). The number of carbonyl (C=O) groups excluding carboxylic acids is 1. The zero-order valence-corrected chi connectivity index (χ0v) is 12.8. The molecular weight excluding hydrogens is 312 g/mol. The summed E-state index contributed by atoms with van der Waals surface area (Å²) >= 11 is 0. The number of hydrogen-bond donors (Lipinski definition) is 2. The number of rotatable bonds is 2. The molecule has 3 heterocycles. The molecule has 10 heteroatoms. The topological polar surface area (TPSA) is 119 Å². The van der Waals surface area contributed by atoms with E-state index in [2.05, 4.69) is 10.3 Å². The van der Waals surface area contributed by atoms with Gasteiger partial charge in [0.1, 0.15) is 17.1 Å². The number of nitrogens with zero attached hydrogens (tertiary/aromatic N) is 2. The van der Waals surface area contributed by atoms with Crippen LogP contribution in [-0.2, 0) is 26.9 Å². The van der Waals surface area contributed by atoms with Gasteiger partial charge in [-0.15, -0.1) is 0 Å². The Balaban J connectivity index is 2.08. The molecule has 1 amide bonds. The number of carbonyl (C=O) groups is 1. The molecule has 3 rings (SSSR count). The first-order valence-electron chi connectivity index (χ1n) is 6.80. The molecule has 0 aliphatic carbocycles. The van der Waals surface area contributed by atoms with Crippen molar-refractivity contribution in [3.8, 4) is 0 Å². The lowest BCUT2D eigenvalue weighted by Crippen LogP contribution is -2.46. The van der Waals surface area contributed by atoms with Crippen LogP contribution in [0, 0.1) is 0 Å². The number of hydrogen-bond acceptors (Lipinski definition) is 7. The summed E-state index contributed by atoms with van der Waals surface area (Å²) in [7, 11) is -3.73. The van der Waals surface area contributed by atoms with Crippen molar-refractivity contribution in [2.24, 2.45) is 0 Å². The van der Waals surface area contributed by atoms with Gasteiger partial charge >= 0.3 is 0 Å². The zero-order valence-electron chi connectivity index (χ0n) is 12.0. The second-order valence-electron chi connectivity index (χ2n) is 5.43. The van der Waals surface area contributed by atoms with Crippen LogP contribution < -0.4 is 15.6 Å². The van der Waals surface area contributed by atoms with Crippen molar-refractivity contribution < 1.29 is 17.9 Å². The van der Waals surface area contributed by atoms with Gasteiger partial charge in [0, 0.05) is 12.6 Å². The SMILES string of the molecule is CS(=O)(=O)NC(=O)c1cc(=O)n2c(n1)C1(CCNC1)OCC2. The molecule has 1 aromatic heterocycles. The van der Waals surface area contributed by atoms with Gasteiger partial charge in [0.25, 0.3) is 11.5 Å². The fourth-order valence-electron chi connectivity index (χ4n) is 2.79. The summed E-state index contributed by atoms with van der Waals surface area (Å²) in [5.41, 5.74) is -1.35.